The number of halogens is 1. The molecule has 0 radical (unpaired) electrons. The molecule has 0 saturated carbocycles. The van der Waals surface area contributed by atoms with Crippen molar-refractivity contribution in [2.24, 2.45) is 0 Å². The molecule has 0 fully saturated rings. The number of ether oxygens (including phenoxy) is 1. The van der Waals surface area contributed by atoms with Crippen molar-refractivity contribution in [1.82, 2.24) is 5.32 Å². The fourth-order valence-electron chi connectivity index (χ4n) is 1.15. The zero-order chi connectivity index (χ0) is 11.8. The maximum absolute atomic E-state index is 11.5. The first-order valence-electron chi connectivity index (χ1n) is 4.97. The second-order valence-corrected chi connectivity index (χ2v) is 4.14. The molecule has 1 rings (SSSR count). The Morgan fingerprint density at radius 3 is 3.00 bits per heavy atom. The fraction of sp³-hybridized carbons (Fsp3) is 0.364. The zero-order valence-corrected chi connectivity index (χ0v) is 10.7. The van der Waals surface area contributed by atoms with Crippen LogP contribution in [-0.4, -0.2) is 32.7 Å². The highest BCUT2D eigenvalue weighted by Gasteiger charge is 2.01. The van der Waals surface area contributed by atoms with Gasteiger partial charge in [0, 0.05) is 23.8 Å². The van der Waals surface area contributed by atoms with E-state index in [0.29, 0.717) is 13.2 Å². The van der Waals surface area contributed by atoms with Crippen molar-refractivity contribution in [3.8, 4) is 0 Å². The predicted octanol–water partition coefficient (Wildman–Crippen LogP) is 1.62. The minimum Gasteiger partial charge on any atom is -0.383 e. The molecule has 0 bridgehead atoms. The lowest BCUT2D eigenvalue weighted by atomic mass is 10.3. The Hall–Kier alpha value is -0.910. The molecule has 0 spiro atoms. The van der Waals surface area contributed by atoms with Gasteiger partial charge in [0.25, 0.3) is 0 Å². The number of hydrogen-bond donors (Lipinski definition) is 2. The van der Waals surface area contributed by atoms with Crippen LogP contribution < -0.4 is 10.6 Å². The lowest BCUT2D eigenvalue weighted by Crippen LogP contribution is -2.30. The normalized spacial score (nSPS) is 10.1. The molecule has 5 heteroatoms. The van der Waals surface area contributed by atoms with Gasteiger partial charge in [0.15, 0.2) is 0 Å². The molecule has 4 nitrogen and oxygen atoms in total. The molecule has 0 aliphatic carbocycles. The number of carbonyl (C=O) groups excluding carboxylic acids is 1. The second-order valence-electron chi connectivity index (χ2n) is 3.23. The summed E-state index contributed by atoms with van der Waals surface area (Å²) in [6.07, 6.45) is 0. The summed E-state index contributed by atoms with van der Waals surface area (Å²) >= 11 is 3.34. The van der Waals surface area contributed by atoms with E-state index in [-0.39, 0.29) is 12.5 Å². The molecule has 0 aromatic heterocycles. The summed E-state index contributed by atoms with van der Waals surface area (Å²) in [7, 11) is 1.63. The van der Waals surface area contributed by atoms with Gasteiger partial charge in [-0.1, -0.05) is 22.0 Å². The molecule has 0 unspecified atom stereocenters. The van der Waals surface area contributed by atoms with Gasteiger partial charge >= 0.3 is 0 Å². The molecule has 0 aliphatic heterocycles. The summed E-state index contributed by atoms with van der Waals surface area (Å²) < 4.78 is 5.80. The quantitative estimate of drug-likeness (QED) is 0.782. The highest BCUT2D eigenvalue weighted by atomic mass is 79.9. The first-order chi connectivity index (χ1) is 7.72. The van der Waals surface area contributed by atoms with Crippen LogP contribution in [0, 0.1) is 0 Å². The summed E-state index contributed by atoms with van der Waals surface area (Å²) in [4.78, 5) is 11.5. The summed E-state index contributed by atoms with van der Waals surface area (Å²) in [5.74, 6) is -0.0609. The van der Waals surface area contributed by atoms with E-state index in [1.807, 2.05) is 24.3 Å². The molecule has 1 amide bonds. The standard InChI is InChI=1S/C11H15BrN2O2/c1-16-6-5-13-8-11(15)14-10-4-2-3-9(12)7-10/h2-4,7,13H,5-6,8H2,1H3,(H,14,15). The fourth-order valence-corrected chi connectivity index (χ4v) is 1.55. The van der Waals surface area contributed by atoms with E-state index in [9.17, 15) is 4.79 Å². The summed E-state index contributed by atoms with van der Waals surface area (Å²) in [6.45, 7) is 1.56. The maximum Gasteiger partial charge on any atom is 0.238 e. The number of rotatable bonds is 6. The monoisotopic (exact) mass is 286 g/mol. The summed E-state index contributed by atoms with van der Waals surface area (Å²) in [5.41, 5.74) is 0.785. The number of benzene rings is 1. The Kier molecular flexibility index (Phi) is 6.07. The van der Waals surface area contributed by atoms with Gasteiger partial charge in [-0.3, -0.25) is 4.79 Å². The van der Waals surface area contributed by atoms with Gasteiger partial charge in [0.05, 0.1) is 13.2 Å². The highest BCUT2D eigenvalue weighted by molar-refractivity contribution is 9.10. The highest BCUT2D eigenvalue weighted by Crippen LogP contribution is 2.15. The Balaban J connectivity index is 2.29. The molecule has 0 saturated heterocycles. The van der Waals surface area contributed by atoms with Gasteiger partial charge in [-0.05, 0) is 18.2 Å². The van der Waals surface area contributed by atoms with E-state index in [0.717, 1.165) is 10.2 Å². The van der Waals surface area contributed by atoms with Crippen molar-refractivity contribution in [2.45, 2.75) is 0 Å². The van der Waals surface area contributed by atoms with E-state index >= 15 is 0 Å². The summed E-state index contributed by atoms with van der Waals surface area (Å²) in [6, 6.07) is 7.48. The maximum atomic E-state index is 11.5. The number of methoxy groups -OCH3 is 1. The van der Waals surface area contributed by atoms with Crippen LogP contribution in [-0.2, 0) is 9.53 Å². The molecule has 88 valence electrons. The van der Waals surface area contributed by atoms with Crippen LogP contribution in [0.2, 0.25) is 0 Å². The number of carbonyl (C=O) groups is 1. The van der Waals surface area contributed by atoms with Crippen LogP contribution in [0.15, 0.2) is 28.7 Å². The van der Waals surface area contributed by atoms with Crippen LogP contribution in [0.3, 0.4) is 0 Å². The molecule has 0 atom stereocenters. The Morgan fingerprint density at radius 1 is 1.50 bits per heavy atom. The Labute approximate surface area is 103 Å². The second kappa shape index (κ2) is 7.38. The largest absolute Gasteiger partial charge is 0.383 e. The topological polar surface area (TPSA) is 50.4 Å². The number of anilines is 1. The van der Waals surface area contributed by atoms with E-state index in [2.05, 4.69) is 26.6 Å². The molecule has 2 N–H and O–H groups in total. The molecule has 0 aliphatic rings. The van der Waals surface area contributed by atoms with Gasteiger partial charge < -0.3 is 15.4 Å². The van der Waals surface area contributed by atoms with Gasteiger partial charge in [0.1, 0.15) is 0 Å². The molecular weight excluding hydrogens is 272 g/mol. The first kappa shape index (κ1) is 13.2. The van der Waals surface area contributed by atoms with Crippen LogP contribution in [0.1, 0.15) is 0 Å². The van der Waals surface area contributed by atoms with E-state index in [1.54, 1.807) is 7.11 Å². The lowest BCUT2D eigenvalue weighted by Gasteiger charge is -2.06. The van der Waals surface area contributed by atoms with E-state index in [1.165, 1.54) is 0 Å². The molecular formula is C11H15BrN2O2. The zero-order valence-electron chi connectivity index (χ0n) is 9.13. The van der Waals surface area contributed by atoms with E-state index in [4.69, 9.17) is 4.74 Å². The van der Waals surface area contributed by atoms with Crippen LogP contribution in [0.25, 0.3) is 0 Å². The number of nitrogens with one attached hydrogen (secondary N) is 2. The predicted molar refractivity (Wildman–Crippen MR) is 67.5 cm³/mol. The smallest absolute Gasteiger partial charge is 0.238 e. The Morgan fingerprint density at radius 2 is 2.31 bits per heavy atom. The number of amides is 1. The molecule has 0 heterocycles. The summed E-state index contributed by atoms with van der Waals surface area (Å²) in [5, 5.41) is 5.76. The van der Waals surface area contributed by atoms with Crippen LogP contribution >= 0.6 is 15.9 Å². The average molecular weight is 287 g/mol. The SMILES string of the molecule is COCCNCC(=O)Nc1cccc(Br)c1. The lowest BCUT2D eigenvalue weighted by molar-refractivity contribution is -0.115. The van der Waals surface area contributed by atoms with Gasteiger partial charge in [0.2, 0.25) is 5.91 Å². The van der Waals surface area contributed by atoms with Crippen molar-refractivity contribution in [2.75, 3.05) is 32.1 Å². The van der Waals surface area contributed by atoms with Crippen molar-refractivity contribution >= 4 is 27.5 Å². The minimum absolute atomic E-state index is 0.0609. The van der Waals surface area contributed by atoms with E-state index < -0.39 is 0 Å². The van der Waals surface area contributed by atoms with Crippen LogP contribution in [0.5, 0.6) is 0 Å². The van der Waals surface area contributed by atoms with Crippen molar-refractivity contribution in [3.63, 3.8) is 0 Å². The molecule has 1 aromatic carbocycles. The molecule has 16 heavy (non-hydrogen) atoms. The van der Waals surface area contributed by atoms with Gasteiger partial charge in [-0.25, -0.2) is 0 Å². The molecule has 1 aromatic rings. The number of hydrogen-bond acceptors (Lipinski definition) is 3. The minimum atomic E-state index is -0.0609. The van der Waals surface area contributed by atoms with Crippen molar-refractivity contribution in [3.05, 3.63) is 28.7 Å². The third-order valence-corrected chi connectivity index (χ3v) is 2.37. The van der Waals surface area contributed by atoms with Gasteiger partial charge in [-0.2, -0.15) is 0 Å². The third kappa shape index (κ3) is 5.25. The van der Waals surface area contributed by atoms with Crippen molar-refractivity contribution in [1.29, 1.82) is 0 Å². The average Bonchev–Trinajstić information content (AvgIpc) is 2.24. The first-order valence-corrected chi connectivity index (χ1v) is 5.77. The van der Waals surface area contributed by atoms with Gasteiger partial charge in [-0.15, -0.1) is 0 Å². The van der Waals surface area contributed by atoms with Crippen LogP contribution in [0.4, 0.5) is 5.69 Å². The Bertz CT molecular complexity index is 345. The van der Waals surface area contributed by atoms with Crippen molar-refractivity contribution < 1.29 is 9.53 Å². The third-order valence-electron chi connectivity index (χ3n) is 1.88.